The number of anilines is 1. The minimum absolute atomic E-state index is 0.0152. The molecule has 7 heteroatoms. The summed E-state index contributed by atoms with van der Waals surface area (Å²) in [6.45, 7) is 5.20. The van der Waals surface area contributed by atoms with E-state index < -0.39 is 6.04 Å². The number of benzene rings is 2. The van der Waals surface area contributed by atoms with Gasteiger partial charge in [0, 0.05) is 25.2 Å². The summed E-state index contributed by atoms with van der Waals surface area (Å²) in [4.78, 5) is 30.3. The third-order valence-corrected chi connectivity index (χ3v) is 6.09. The number of ether oxygens (including phenoxy) is 3. The van der Waals surface area contributed by atoms with Crippen molar-refractivity contribution in [1.29, 1.82) is 0 Å². The molecule has 172 valence electrons. The van der Waals surface area contributed by atoms with Crippen molar-refractivity contribution < 1.29 is 23.8 Å². The second-order valence-corrected chi connectivity index (χ2v) is 7.68. The maximum atomic E-state index is 13.5. The zero-order valence-electron chi connectivity index (χ0n) is 19.5. The Hall–Kier alpha value is -3.22. The minimum Gasteiger partial charge on any atom is -0.497 e. The quantitative estimate of drug-likeness (QED) is 0.619. The molecular weight excluding hydrogens is 408 g/mol. The van der Waals surface area contributed by atoms with E-state index in [0.717, 1.165) is 11.3 Å². The fourth-order valence-corrected chi connectivity index (χ4v) is 4.39. The lowest BCUT2D eigenvalue weighted by atomic mass is 9.82. The predicted octanol–water partition coefficient (Wildman–Crippen LogP) is 4.07. The van der Waals surface area contributed by atoms with Crippen molar-refractivity contribution in [1.82, 2.24) is 4.90 Å². The highest BCUT2D eigenvalue weighted by atomic mass is 16.5. The second-order valence-electron chi connectivity index (χ2n) is 7.68. The lowest BCUT2D eigenvalue weighted by molar-refractivity contribution is -0.138. The highest BCUT2D eigenvalue weighted by Gasteiger charge is 2.42. The monoisotopic (exact) mass is 440 g/mol. The summed E-state index contributed by atoms with van der Waals surface area (Å²) in [5, 5.41) is 0. The lowest BCUT2D eigenvalue weighted by Crippen LogP contribution is -2.49. The number of hydrogen-bond acceptors (Lipinski definition) is 5. The molecule has 0 aliphatic carbocycles. The molecule has 2 aromatic rings. The van der Waals surface area contributed by atoms with E-state index in [4.69, 9.17) is 14.2 Å². The first-order valence-electron chi connectivity index (χ1n) is 11.0. The van der Waals surface area contributed by atoms with Crippen LogP contribution in [0.1, 0.15) is 38.3 Å². The molecule has 0 saturated carbocycles. The fourth-order valence-electron chi connectivity index (χ4n) is 4.39. The Balaban J connectivity index is 2.14. The molecule has 0 aromatic heterocycles. The average molecular weight is 441 g/mol. The van der Waals surface area contributed by atoms with Crippen LogP contribution in [0, 0.1) is 5.92 Å². The van der Waals surface area contributed by atoms with E-state index in [9.17, 15) is 9.59 Å². The molecule has 1 heterocycles. The molecule has 1 aliphatic heterocycles. The maximum absolute atomic E-state index is 13.5. The van der Waals surface area contributed by atoms with Gasteiger partial charge in [-0.1, -0.05) is 6.07 Å². The Bertz CT molecular complexity index is 940. The molecule has 2 atom stereocenters. The van der Waals surface area contributed by atoms with Gasteiger partial charge < -0.3 is 24.0 Å². The molecular formula is C25H32N2O5. The van der Waals surface area contributed by atoms with E-state index in [1.165, 1.54) is 0 Å². The van der Waals surface area contributed by atoms with Crippen LogP contribution in [0.25, 0.3) is 0 Å². The van der Waals surface area contributed by atoms with Gasteiger partial charge in [-0.2, -0.15) is 0 Å². The van der Waals surface area contributed by atoms with Gasteiger partial charge in [0.05, 0.1) is 33.3 Å². The van der Waals surface area contributed by atoms with E-state index >= 15 is 0 Å². The summed E-state index contributed by atoms with van der Waals surface area (Å²) in [6.07, 6.45) is 0.813. The van der Waals surface area contributed by atoms with E-state index in [2.05, 4.69) is 0 Å². The molecule has 32 heavy (non-hydrogen) atoms. The van der Waals surface area contributed by atoms with Gasteiger partial charge in [-0.3, -0.25) is 9.59 Å². The van der Waals surface area contributed by atoms with Crippen LogP contribution in [-0.2, 0) is 9.59 Å². The molecule has 0 unspecified atom stereocenters. The minimum atomic E-state index is -0.461. The first-order valence-corrected chi connectivity index (χ1v) is 11.0. The van der Waals surface area contributed by atoms with Gasteiger partial charge in [0.1, 0.15) is 5.75 Å². The molecule has 7 nitrogen and oxygen atoms in total. The van der Waals surface area contributed by atoms with Crippen molar-refractivity contribution in [2.45, 2.75) is 32.7 Å². The number of methoxy groups -OCH3 is 3. The summed E-state index contributed by atoms with van der Waals surface area (Å²) in [5.41, 5.74) is 1.56. The topological polar surface area (TPSA) is 68.3 Å². The summed E-state index contributed by atoms with van der Waals surface area (Å²) in [6, 6.07) is 12.5. The van der Waals surface area contributed by atoms with Crippen LogP contribution in [0.4, 0.5) is 5.69 Å². The average Bonchev–Trinajstić information content (AvgIpc) is 2.84. The van der Waals surface area contributed by atoms with Crippen molar-refractivity contribution in [3.05, 3.63) is 48.0 Å². The van der Waals surface area contributed by atoms with Crippen LogP contribution < -0.4 is 19.1 Å². The third kappa shape index (κ3) is 4.52. The van der Waals surface area contributed by atoms with Gasteiger partial charge in [0.2, 0.25) is 11.8 Å². The molecule has 3 rings (SSSR count). The largest absolute Gasteiger partial charge is 0.497 e. The summed E-state index contributed by atoms with van der Waals surface area (Å²) in [5.74, 6) is 1.54. The Morgan fingerprint density at radius 1 is 0.969 bits per heavy atom. The maximum Gasteiger partial charge on any atom is 0.228 e. The van der Waals surface area contributed by atoms with Gasteiger partial charge >= 0.3 is 0 Å². The first kappa shape index (κ1) is 23.4. The van der Waals surface area contributed by atoms with Crippen LogP contribution in [0.3, 0.4) is 0 Å². The van der Waals surface area contributed by atoms with Crippen LogP contribution in [0.5, 0.6) is 17.2 Å². The van der Waals surface area contributed by atoms with Crippen LogP contribution in [0.15, 0.2) is 42.5 Å². The van der Waals surface area contributed by atoms with E-state index in [1.54, 1.807) is 26.2 Å². The van der Waals surface area contributed by atoms with Crippen LogP contribution >= 0.6 is 0 Å². The van der Waals surface area contributed by atoms with E-state index in [0.29, 0.717) is 43.2 Å². The second kappa shape index (κ2) is 10.4. The Morgan fingerprint density at radius 2 is 1.62 bits per heavy atom. The number of piperidine rings is 1. The zero-order chi connectivity index (χ0) is 23.3. The number of rotatable bonds is 8. The van der Waals surface area contributed by atoms with Crippen LogP contribution in [0.2, 0.25) is 0 Å². The molecule has 1 aliphatic rings. The molecule has 0 bridgehead atoms. The van der Waals surface area contributed by atoms with Crippen molar-refractivity contribution >= 4 is 17.5 Å². The highest BCUT2D eigenvalue weighted by molar-refractivity contribution is 5.97. The highest BCUT2D eigenvalue weighted by Crippen LogP contribution is 2.43. The summed E-state index contributed by atoms with van der Waals surface area (Å²) < 4.78 is 16.2. The zero-order valence-corrected chi connectivity index (χ0v) is 19.5. The number of carbonyl (C=O) groups is 2. The summed E-state index contributed by atoms with van der Waals surface area (Å²) in [7, 11) is 4.76. The van der Waals surface area contributed by atoms with Gasteiger partial charge in [-0.15, -0.1) is 0 Å². The van der Waals surface area contributed by atoms with E-state index in [1.807, 2.05) is 61.2 Å². The molecule has 0 N–H and O–H groups in total. The predicted molar refractivity (Wildman–Crippen MR) is 123 cm³/mol. The fraction of sp³-hybridized carbons (Fsp3) is 0.440. The van der Waals surface area contributed by atoms with Gasteiger partial charge in [-0.05, 0) is 62.2 Å². The Labute approximate surface area is 189 Å². The standard InChI is InChI=1S/C25H32N2O5/c1-6-26(7-2)25(29)20-13-15-23(28)27(18-9-11-19(30-3)12-10-18)24(20)17-8-14-21(31-4)22(16-17)32-5/h8-12,14,16,20,24H,6-7,13,15H2,1-5H3/t20-,24-/m0/s1. The SMILES string of the molecule is CCN(CC)C(=O)[C@H]1CCC(=O)N(c2ccc(OC)cc2)[C@H]1c1ccc(OC)c(OC)c1. The summed E-state index contributed by atoms with van der Waals surface area (Å²) >= 11 is 0. The molecule has 2 aromatic carbocycles. The molecule has 0 radical (unpaired) electrons. The molecule has 1 saturated heterocycles. The molecule has 1 fully saturated rings. The lowest BCUT2D eigenvalue weighted by Gasteiger charge is -2.42. The number of hydrogen-bond donors (Lipinski definition) is 0. The number of amides is 2. The van der Waals surface area contributed by atoms with Crippen LogP contribution in [-0.4, -0.2) is 51.1 Å². The number of carbonyl (C=O) groups excluding carboxylic acids is 2. The van der Waals surface area contributed by atoms with E-state index in [-0.39, 0.29) is 17.7 Å². The van der Waals surface area contributed by atoms with Crippen molar-refractivity contribution in [2.24, 2.45) is 5.92 Å². The van der Waals surface area contributed by atoms with Crippen molar-refractivity contribution in [2.75, 3.05) is 39.3 Å². The van der Waals surface area contributed by atoms with Crippen molar-refractivity contribution in [3.8, 4) is 17.2 Å². The molecule has 0 spiro atoms. The van der Waals surface area contributed by atoms with Gasteiger partial charge in [0.15, 0.2) is 11.5 Å². The van der Waals surface area contributed by atoms with Crippen molar-refractivity contribution in [3.63, 3.8) is 0 Å². The molecule has 2 amide bonds. The number of nitrogens with zero attached hydrogens (tertiary/aromatic N) is 2. The smallest absolute Gasteiger partial charge is 0.228 e. The first-order chi connectivity index (χ1) is 15.5. The van der Waals surface area contributed by atoms with Gasteiger partial charge in [-0.25, -0.2) is 0 Å². The third-order valence-electron chi connectivity index (χ3n) is 6.09. The Morgan fingerprint density at radius 3 is 2.19 bits per heavy atom. The van der Waals surface area contributed by atoms with Gasteiger partial charge in [0.25, 0.3) is 0 Å². The Kier molecular flexibility index (Phi) is 7.62. The normalized spacial score (nSPS) is 18.3.